The molecule has 0 amide bonds. The molecule has 0 saturated carbocycles. The molecule has 19 heavy (non-hydrogen) atoms. The first kappa shape index (κ1) is 14.3. The highest BCUT2D eigenvalue weighted by Crippen LogP contribution is 2.34. The second-order valence-corrected chi connectivity index (χ2v) is 5.23. The van der Waals surface area contributed by atoms with Crippen molar-refractivity contribution in [1.82, 2.24) is 14.8 Å². The molecule has 0 unspecified atom stereocenters. The second kappa shape index (κ2) is 5.48. The average molecular weight is 365 g/mol. The Labute approximate surface area is 127 Å². The molecule has 1 N–H and O–H groups in total. The Bertz CT molecular complexity index is 658. The van der Waals surface area contributed by atoms with Crippen LogP contribution in [0.5, 0.6) is 0 Å². The Morgan fingerprint density at radius 1 is 1.42 bits per heavy atom. The zero-order valence-corrected chi connectivity index (χ0v) is 12.8. The molecule has 2 aromatic rings. The van der Waals surface area contributed by atoms with E-state index >= 15 is 0 Å². The summed E-state index contributed by atoms with van der Waals surface area (Å²) in [4.78, 5) is 14.9. The quantitative estimate of drug-likeness (QED) is 0.845. The summed E-state index contributed by atoms with van der Waals surface area (Å²) in [5, 5.41) is 13.5. The fraction of sp³-hybridized carbons (Fsp3) is 0.182. The Hall–Kier alpha value is -1.11. The summed E-state index contributed by atoms with van der Waals surface area (Å²) in [6.07, 6.45) is 0.518. The summed E-state index contributed by atoms with van der Waals surface area (Å²) >= 11 is 15.5. The van der Waals surface area contributed by atoms with E-state index in [-0.39, 0.29) is 10.8 Å². The highest BCUT2D eigenvalue weighted by molar-refractivity contribution is 9.10. The molecule has 0 saturated heterocycles. The van der Waals surface area contributed by atoms with Gasteiger partial charge in [-0.25, -0.2) is 14.5 Å². The maximum absolute atomic E-state index is 10.9. The normalized spacial score (nSPS) is 10.7. The number of aromatic nitrogens is 3. The standard InChI is InChI=1S/C11H8BrCl2N3O2/c1-2-7-15-10(11(18)19)16-17(7)6-4-3-5(12)8(13)9(6)14/h3-4H,2H2,1H3,(H,18,19). The monoisotopic (exact) mass is 363 g/mol. The Morgan fingerprint density at radius 2 is 2.11 bits per heavy atom. The van der Waals surface area contributed by atoms with Crippen LogP contribution in [-0.2, 0) is 6.42 Å². The fourth-order valence-corrected chi connectivity index (χ4v) is 2.39. The smallest absolute Gasteiger partial charge is 0.375 e. The third-order valence-corrected chi connectivity index (χ3v) is 4.19. The van der Waals surface area contributed by atoms with Gasteiger partial charge in [-0.15, -0.1) is 5.10 Å². The number of carbonyl (C=O) groups is 1. The lowest BCUT2D eigenvalue weighted by atomic mass is 10.3. The summed E-state index contributed by atoms with van der Waals surface area (Å²) in [6.45, 7) is 1.85. The van der Waals surface area contributed by atoms with Gasteiger partial charge in [0.25, 0.3) is 5.82 Å². The molecule has 1 heterocycles. The van der Waals surface area contributed by atoms with E-state index < -0.39 is 5.97 Å². The van der Waals surface area contributed by atoms with E-state index in [2.05, 4.69) is 26.0 Å². The van der Waals surface area contributed by atoms with E-state index in [1.54, 1.807) is 12.1 Å². The van der Waals surface area contributed by atoms with Crippen LogP contribution in [-0.4, -0.2) is 25.8 Å². The van der Waals surface area contributed by atoms with Gasteiger partial charge in [0.2, 0.25) is 0 Å². The van der Waals surface area contributed by atoms with Crippen LogP contribution in [0.3, 0.4) is 0 Å². The number of carboxylic acids is 1. The summed E-state index contributed by atoms with van der Waals surface area (Å²) in [7, 11) is 0. The highest BCUT2D eigenvalue weighted by Gasteiger charge is 2.18. The first-order valence-electron chi connectivity index (χ1n) is 5.28. The van der Waals surface area contributed by atoms with Gasteiger partial charge in [0.15, 0.2) is 0 Å². The van der Waals surface area contributed by atoms with Crippen molar-refractivity contribution in [2.45, 2.75) is 13.3 Å². The van der Waals surface area contributed by atoms with Crippen molar-refractivity contribution in [2.24, 2.45) is 0 Å². The zero-order valence-electron chi connectivity index (χ0n) is 9.69. The van der Waals surface area contributed by atoms with Gasteiger partial charge in [-0.3, -0.25) is 0 Å². The number of carboxylic acid groups (broad SMARTS) is 1. The van der Waals surface area contributed by atoms with Gasteiger partial charge in [0, 0.05) is 10.9 Å². The summed E-state index contributed by atoms with van der Waals surface area (Å²) < 4.78 is 2.05. The number of aryl methyl sites for hydroxylation is 1. The Balaban J connectivity index is 2.65. The second-order valence-electron chi connectivity index (χ2n) is 3.62. The van der Waals surface area contributed by atoms with E-state index in [0.717, 1.165) is 0 Å². The third kappa shape index (κ3) is 2.61. The van der Waals surface area contributed by atoms with Crippen molar-refractivity contribution < 1.29 is 9.90 Å². The number of hydrogen-bond acceptors (Lipinski definition) is 3. The van der Waals surface area contributed by atoms with Gasteiger partial charge < -0.3 is 5.11 Å². The van der Waals surface area contributed by atoms with Crippen molar-refractivity contribution in [3.63, 3.8) is 0 Å². The number of aromatic carboxylic acids is 1. The van der Waals surface area contributed by atoms with Gasteiger partial charge in [0.05, 0.1) is 15.7 Å². The molecule has 0 atom stereocenters. The first-order valence-corrected chi connectivity index (χ1v) is 6.83. The lowest BCUT2D eigenvalue weighted by Gasteiger charge is -2.08. The number of hydrogen-bond donors (Lipinski definition) is 1. The van der Waals surface area contributed by atoms with Crippen LogP contribution in [0, 0.1) is 0 Å². The summed E-state index contributed by atoms with van der Waals surface area (Å²) in [5.74, 6) is -0.961. The van der Waals surface area contributed by atoms with E-state index in [1.807, 2.05) is 6.92 Å². The van der Waals surface area contributed by atoms with Gasteiger partial charge in [-0.1, -0.05) is 30.1 Å². The van der Waals surface area contributed by atoms with Crippen LogP contribution in [0.4, 0.5) is 0 Å². The molecule has 0 aliphatic carbocycles. The Kier molecular flexibility index (Phi) is 4.13. The Morgan fingerprint density at radius 3 is 2.68 bits per heavy atom. The van der Waals surface area contributed by atoms with Gasteiger partial charge in [0.1, 0.15) is 5.82 Å². The van der Waals surface area contributed by atoms with Crippen molar-refractivity contribution in [1.29, 1.82) is 0 Å². The van der Waals surface area contributed by atoms with Crippen molar-refractivity contribution in [3.8, 4) is 5.69 Å². The molecular weight excluding hydrogens is 357 g/mol. The van der Waals surface area contributed by atoms with Gasteiger partial charge in [-0.2, -0.15) is 0 Å². The minimum Gasteiger partial charge on any atom is -0.475 e. The highest BCUT2D eigenvalue weighted by atomic mass is 79.9. The molecule has 1 aromatic carbocycles. The molecule has 0 fully saturated rings. The lowest BCUT2D eigenvalue weighted by molar-refractivity contribution is 0.0683. The predicted molar refractivity (Wildman–Crippen MR) is 75.4 cm³/mol. The van der Waals surface area contributed by atoms with E-state index in [9.17, 15) is 4.79 Å². The first-order chi connectivity index (χ1) is 8.95. The molecule has 5 nitrogen and oxygen atoms in total. The molecule has 0 aliphatic rings. The van der Waals surface area contributed by atoms with Gasteiger partial charge in [-0.05, 0) is 28.1 Å². The van der Waals surface area contributed by atoms with E-state index in [0.29, 0.717) is 27.4 Å². The average Bonchev–Trinajstić information content (AvgIpc) is 2.80. The topological polar surface area (TPSA) is 68.0 Å². The van der Waals surface area contributed by atoms with Crippen molar-refractivity contribution >= 4 is 45.1 Å². The maximum atomic E-state index is 10.9. The zero-order chi connectivity index (χ0) is 14.2. The molecule has 8 heteroatoms. The number of rotatable bonds is 3. The van der Waals surface area contributed by atoms with Crippen LogP contribution < -0.4 is 0 Å². The molecular formula is C11H8BrCl2N3O2. The molecule has 0 radical (unpaired) electrons. The number of benzene rings is 1. The molecule has 100 valence electrons. The maximum Gasteiger partial charge on any atom is 0.375 e. The van der Waals surface area contributed by atoms with Crippen LogP contribution in [0.25, 0.3) is 5.69 Å². The number of nitrogens with zero attached hydrogens (tertiary/aromatic N) is 3. The molecule has 0 aliphatic heterocycles. The largest absolute Gasteiger partial charge is 0.475 e. The summed E-state index contributed by atoms with van der Waals surface area (Å²) in [6, 6.07) is 3.41. The van der Waals surface area contributed by atoms with Crippen molar-refractivity contribution in [2.75, 3.05) is 0 Å². The lowest BCUT2D eigenvalue weighted by Crippen LogP contribution is -2.04. The predicted octanol–water partition coefficient (Wildman–Crippen LogP) is 3.60. The summed E-state index contributed by atoms with van der Waals surface area (Å²) in [5.41, 5.74) is 0.492. The third-order valence-electron chi connectivity index (χ3n) is 2.42. The van der Waals surface area contributed by atoms with Crippen LogP contribution >= 0.6 is 39.1 Å². The minimum atomic E-state index is -1.19. The number of halogens is 3. The molecule has 2 rings (SSSR count). The van der Waals surface area contributed by atoms with E-state index in [1.165, 1.54) is 4.68 Å². The van der Waals surface area contributed by atoms with Crippen molar-refractivity contribution in [3.05, 3.63) is 38.3 Å². The minimum absolute atomic E-state index is 0.271. The van der Waals surface area contributed by atoms with Crippen LogP contribution in [0.2, 0.25) is 10.0 Å². The SMILES string of the molecule is CCc1nc(C(=O)O)nn1-c1ccc(Br)c(Cl)c1Cl. The van der Waals surface area contributed by atoms with Gasteiger partial charge >= 0.3 is 5.97 Å². The molecule has 1 aromatic heterocycles. The molecule has 0 spiro atoms. The van der Waals surface area contributed by atoms with Crippen LogP contribution in [0.15, 0.2) is 16.6 Å². The van der Waals surface area contributed by atoms with E-state index in [4.69, 9.17) is 28.3 Å². The van der Waals surface area contributed by atoms with Crippen LogP contribution in [0.1, 0.15) is 23.4 Å². The fourth-order valence-electron chi connectivity index (χ4n) is 1.54. The molecule has 0 bridgehead atoms.